The molecule has 84 valence electrons. The van der Waals surface area contributed by atoms with Crippen LogP contribution in [0.5, 0.6) is 0 Å². The molecule has 0 aliphatic carbocycles. The topological polar surface area (TPSA) is 36.9 Å². The van der Waals surface area contributed by atoms with Gasteiger partial charge in [0.15, 0.2) is 9.03 Å². The first-order chi connectivity index (χ1) is 6.91. The van der Waals surface area contributed by atoms with Crippen molar-refractivity contribution in [2.75, 3.05) is 39.6 Å². The minimum absolute atomic E-state index is 0.120. The first-order valence-corrected chi connectivity index (χ1v) is 5.48. The standard InChI is InChI=1S/C9H19O4P/c1-3-5-10-6-7-11-8-9-13-14-12-4-2/h3,14H,1,4-9H2,2H3. The molecule has 1 atom stereocenters. The highest BCUT2D eigenvalue weighted by molar-refractivity contribution is 7.26. The highest BCUT2D eigenvalue weighted by Crippen LogP contribution is 2.11. The van der Waals surface area contributed by atoms with Crippen LogP contribution in [0.25, 0.3) is 0 Å². The average Bonchev–Trinajstić information content (AvgIpc) is 2.21. The van der Waals surface area contributed by atoms with Crippen LogP contribution in [0, 0.1) is 0 Å². The lowest BCUT2D eigenvalue weighted by atomic mass is 10.7. The molecule has 0 saturated carbocycles. The van der Waals surface area contributed by atoms with Crippen molar-refractivity contribution in [3.05, 3.63) is 12.7 Å². The monoisotopic (exact) mass is 222 g/mol. The third kappa shape index (κ3) is 12.0. The first-order valence-electron chi connectivity index (χ1n) is 4.66. The van der Waals surface area contributed by atoms with Gasteiger partial charge in [0.2, 0.25) is 0 Å². The molecular formula is C9H19O4P. The van der Waals surface area contributed by atoms with Gasteiger partial charge in [-0.25, -0.2) is 0 Å². The molecular weight excluding hydrogens is 203 g/mol. The van der Waals surface area contributed by atoms with E-state index in [2.05, 4.69) is 6.58 Å². The summed E-state index contributed by atoms with van der Waals surface area (Å²) < 4.78 is 20.5. The largest absolute Gasteiger partial charge is 0.377 e. The van der Waals surface area contributed by atoms with Gasteiger partial charge in [-0.05, 0) is 6.92 Å². The molecule has 1 unspecified atom stereocenters. The van der Waals surface area contributed by atoms with E-state index in [4.69, 9.17) is 18.5 Å². The predicted molar refractivity (Wildman–Crippen MR) is 57.7 cm³/mol. The first kappa shape index (κ1) is 14.0. The van der Waals surface area contributed by atoms with Gasteiger partial charge in [-0.15, -0.1) is 6.58 Å². The smallest absolute Gasteiger partial charge is 0.155 e. The van der Waals surface area contributed by atoms with Crippen LogP contribution < -0.4 is 0 Å². The number of ether oxygens (including phenoxy) is 2. The molecule has 14 heavy (non-hydrogen) atoms. The second-order valence-corrected chi connectivity index (χ2v) is 3.08. The summed E-state index contributed by atoms with van der Waals surface area (Å²) in [5.41, 5.74) is 0. The van der Waals surface area contributed by atoms with Gasteiger partial charge >= 0.3 is 0 Å². The molecule has 0 heterocycles. The third-order valence-electron chi connectivity index (χ3n) is 1.20. The summed E-state index contributed by atoms with van der Waals surface area (Å²) in [6.45, 7) is 9.08. The molecule has 0 spiro atoms. The van der Waals surface area contributed by atoms with Crippen LogP contribution in [0.4, 0.5) is 0 Å². The fraction of sp³-hybridized carbons (Fsp3) is 0.778. The summed E-state index contributed by atoms with van der Waals surface area (Å²) in [6, 6.07) is 0. The van der Waals surface area contributed by atoms with Crippen molar-refractivity contribution in [1.82, 2.24) is 0 Å². The Morgan fingerprint density at radius 2 is 1.79 bits per heavy atom. The Balaban J connectivity index is 2.81. The highest BCUT2D eigenvalue weighted by Gasteiger charge is 1.90. The van der Waals surface area contributed by atoms with Crippen molar-refractivity contribution in [3.63, 3.8) is 0 Å². The summed E-state index contributed by atoms with van der Waals surface area (Å²) in [5.74, 6) is 0. The lowest BCUT2D eigenvalue weighted by molar-refractivity contribution is 0.0453. The summed E-state index contributed by atoms with van der Waals surface area (Å²) >= 11 is 0. The van der Waals surface area contributed by atoms with Crippen LogP contribution >= 0.6 is 9.03 Å². The van der Waals surface area contributed by atoms with Gasteiger partial charge in [0, 0.05) is 0 Å². The van der Waals surface area contributed by atoms with Crippen molar-refractivity contribution >= 4 is 9.03 Å². The van der Waals surface area contributed by atoms with E-state index in [-0.39, 0.29) is 9.03 Å². The van der Waals surface area contributed by atoms with Gasteiger partial charge in [-0.3, -0.25) is 0 Å². The molecule has 0 aromatic heterocycles. The van der Waals surface area contributed by atoms with Crippen LogP contribution in [-0.2, 0) is 18.5 Å². The van der Waals surface area contributed by atoms with E-state index < -0.39 is 0 Å². The van der Waals surface area contributed by atoms with Crippen LogP contribution in [-0.4, -0.2) is 39.6 Å². The van der Waals surface area contributed by atoms with E-state index in [1.165, 1.54) is 0 Å². The molecule has 0 N–H and O–H groups in total. The minimum Gasteiger partial charge on any atom is -0.377 e. The molecule has 0 fully saturated rings. The normalized spacial score (nSPS) is 11.2. The van der Waals surface area contributed by atoms with E-state index in [1.54, 1.807) is 6.08 Å². The van der Waals surface area contributed by atoms with Crippen LogP contribution in [0.1, 0.15) is 6.92 Å². The van der Waals surface area contributed by atoms with Gasteiger partial charge < -0.3 is 18.5 Å². The van der Waals surface area contributed by atoms with Gasteiger partial charge in [-0.1, -0.05) is 6.08 Å². The SMILES string of the molecule is C=CCOCCOCCOPOCC. The summed E-state index contributed by atoms with van der Waals surface area (Å²) in [7, 11) is 0.120. The Morgan fingerprint density at radius 1 is 1.07 bits per heavy atom. The number of rotatable bonds is 11. The highest BCUT2D eigenvalue weighted by atomic mass is 31.1. The van der Waals surface area contributed by atoms with Gasteiger partial charge in [0.1, 0.15) is 0 Å². The maximum Gasteiger partial charge on any atom is 0.155 e. The third-order valence-corrected chi connectivity index (χ3v) is 1.93. The molecule has 5 heteroatoms. The van der Waals surface area contributed by atoms with Crippen LogP contribution in [0.15, 0.2) is 12.7 Å². The maximum atomic E-state index is 5.23. The van der Waals surface area contributed by atoms with E-state index in [9.17, 15) is 0 Å². The van der Waals surface area contributed by atoms with Gasteiger partial charge in [-0.2, -0.15) is 0 Å². The van der Waals surface area contributed by atoms with Crippen LogP contribution in [0.3, 0.4) is 0 Å². The molecule has 0 amide bonds. The summed E-state index contributed by atoms with van der Waals surface area (Å²) in [6.07, 6.45) is 1.71. The molecule has 0 aromatic carbocycles. The molecule has 0 radical (unpaired) electrons. The second kappa shape index (κ2) is 13.0. The fourth-order valence-electron chi connectivity index (χ4n) is 0.629. The van der Waals surface area contributed by atoms with Crippen molar-refractivity contribution in [2.24, 2.45) is 0 Å². The molecule has 4 nitrogen and oxygen atoms in total. The Bertz CT molecular complexity index is 121. The zero-order valence-corrected chi connectivity index (χ0v) is 9.66. The van der Waals surface area contributed by atoms with E-state index in [0.29, 0.717) is 39.6 Å². The summed E-state index contributed by atoms with van der Waals surface area (Å²) in [5, 5.41) is 0. The Morgan fingerprint density at radius 3 is 2.50 bits per heavy atom. The number of hydrogen-bond donors (Lipinski definition) is 0. The second-order valence-electron chi connectivity index (χ2n) is 2.34. The van der Waals surface area contributed by atoms with E-state index in [0.717, 1.165) is 0 Å². The zero-order valence-electron chi connectivity index (χ0n) is 8.66. The molecule has 0 aromatic rings. The van der Waals surface area contributed by atoms with Crippen molar-refractivity contribution < 1.29 is 18.5 Å². The van der Waals surface area contributed by atoms with E-state index in [1.807, 2.05) is 6.92 Å². The maximum absolute atomic E-state index is 5.23. The quantitative estimate of drug-likeness (QED) is 0.303. The molecule has 0 bridgehead atoms. The fourth-order valence-corrected chi connectivity index (χ4v) is 0.997. The lowest BCUT2D eigenvalue weighted by Gasteiger charge is -2.05. The van der Waals surface area contributed by atoms with Crippen molar-refractivity contribution in [1.29, 1.82) is 0 Å². The molecule has 0 rings (SSSR count). The minimum atomic E-state index is 0.120. The van der Waals surface area contributed by atoms with Crippen LogP contribution in [0.2, 0.25) is 0 Å². The van der Waals surface area contributed by atoms with E-state index >= 15 is 0 Å². The van der Waals surface area contributed by atoms with Gasteiger partial charge in [0.05, 0.1) is 39.6 Å². The Labute approximate surface area is 87.5 Å². The lowest BCUT2D eigenvalue weighted by Crippen LogP contribution is -2.07. The van der Waals surface area contributed by atoms with Crippen molar-refractivity contribution in [3.8, 4) is 0 Å². The van der Waals surface area contributed by atoms with Gasteiger partial charge in [0.25, 0.3) is 0 Å². The molecule has 0 aliphatic heterocycles. The van der Waals surface area contributed by atoms with Crippen molar-refractivity contribution in [2.45, 2.75) is 6.92 Å². The molecule has 0 saturated heterocycles. The Hall–Kier alpha value is 0.0100. The average molecular weight is 222 g/mol. The predicted octanol–water partition coefficient (Wildman–Crippen LogP) is 1.77. The zero-order chi connectivity index (χ0) is 10.5. The molecule has 0 aliphatic rings. The number of hydrogen-bond acceptors (Lipinski definition) is 4. The Kier molecular flexibility index (Phi) is 13.0. The summed E-state index contributed by atoms with van der Waals surface area (Å²) in [4.78, 5) is 0.